The minimum atomic E-state index is -3.86. The van der Waals surface area contributed by atoms with E-state index < -0.39 is 10.0 Å². The highest BCUT2D eigenvalue weighted by Gasteiger charge is 2.37. The Kier molecular flexibility index (Phi) is 7.81. The van der Waals surface area contributed by atoms with Crippen molar-refractivity contribution in [3.05, 3.63) is 46.3 Å². The van der Waals surface area contributed by atoms with Gasteiger partial charge in [0, 0.05) is 19.1 Å². The van der Waals surface area contributed by atoms with Crippen molar-refractivity contribution in [2.45, 2.75) is 77.2 Å². The summed E-state index contributed by atoms with van der Waals surface area (Å²) in [4.78, 5) is 13.1. The molecule has 1 aliphatic heterocycles. The van der Waals surface area contributed by atoms with Crippen LogP contribution in [0.4, 0.5) is 0 Å². The SMILES string of the molecule is Cc1ccc(C)c(/C=C/c2onc(C)c2S(=O)(=O)N2CCC[C@H](C(=O)NC3CCC(C)CC3)C2)c1. The van der Waals surface area contributed by atoms with Crippen LogP contribution in [0, 0.1) is 32.6 Å². The number of aromatic nitrogens is 1. The molecule has 1 saturated carbocycles. The summed E-state index contributed by atoms with van der Waals surface area (Å²) in [5, 5.41) is 7.14. The topological polar surface area (TPSA) is 92.5 Å². The molecule has 4 rings (SSSR count). The first kappa shape index (κ1) is 25.6. The summed E-state index contributed by atoms with van der Waals surface area (Å²) in [7, 11) is -3.86. The van der Waals surface area contributed by atoms with Crippen molar-refractivity contribution in [3.8, 4) is 0 Å². The fourth-order valence-electron chi connectivity index (χ4n) is 5.13. The highest BCUT2D eigenvalue weighted by molar-refractivity contribution is 7.89. The molecular formula is C27H37N3O4S. The Morgan fingerprint density at radius 2 is 1.86 bits per heavy atom. The van der Waals surface area contributed by atoms with Crippen molar-refractivity contribution in [2.75, 3.05) is 13.1 Å². The second-order valence-corrected chi connectivity index (χ2v) is 12.2. The predicted molar refractivity (Wildman–Crippen MR) is 137 cm³/mol. The number of nitrogens with zero attached hydrogens (tertiary/aromatic N) is 2. The molecular weight excluding hydrogens is 462 g/mol. The molecule has 0 bridgehead atoms. The third kappa shape index (κ3) is 5.86. The summed E-state index contributed by atoms with van der Waals surface area (Å²) < 4.78 is 34.2. The van der Waals surface area contributed by atoms with Gasteiger partial charge in [0.05, 0.1) is 5.92 Å². The van der Waals surface area contributed by atoms with Crippen LogP contribution >= 0.6 is 0 Å². The maximum absolute atomic E-state index is 13.7. The third-order valence-corrected chi connectivity index (χ3v) is 9.42. The average molecular weight is 500 g/mol. The van der Waals surface area contributed by atoms with Gasteiger partial charge in [-0.05, 0) is 82.4 Å². The molecule has 1 N–H and O–H groups in total. The molecule has 1 amide bonds. The Labute approximate surface area is 209 Å². The van der Waals surface area contributed by atoms with E-state index in [4.69, 9.17) is 4.52 Å². The molecule has 7 nitrogen and oxygen atoms in total. The molecule has 2 fully saturated rings. The van der Waals surface area contributed by atoms with Gasteiger partial charge < -0.3 is 9.84 Å². The molecule has 1 atom stereocenters. The Hall–Kier alpha value is -2.45. The number of carbonyl (C=O) groups excluding carboxylic acids is 1. The van der Waals surface area contributed by atoms with E-state index in [0.717, 1.165) is 42.4 Å². The van der Waals surface area contributed by atoms with Gasteiger partial charge in [-0.3, -0.25) is 4.79 Å². The van der Waals surface area contributed by atoms with Crippen LogP contribution in [0.1, 0.15) is 73.6 Å². The summed E-state index contributed by atoms with van der Waals surface area (Å²) in [5.41, 5.74) is 3.53. The van der Waals surface area contributed by atoms with E-state index in [0.29, 0.717) is 31.0 Å². The number of benzene rings is 1. The summed E-state index contributed by atoms with van der Waals surface area (Å²) in [5.74, 6) is 0.558. The van der Waals surface area contributed by atoms with Gasteiger partial charge in [-0.1, -0.05) is 41.9 Å². The fraction of sp³-hybridized carbons (Fsp3) is 0.556. The molecule has 0 spiro atoms. The third-order valence-electron chi connectivity index (χ3n) is 7.40. The lowest BCUT2D eigenvalue weighted by molar-refractivity contribution is -0.127. The van der Waals surface area contributed by atoms with Crippen LogP contribution < -0.4 is 5.32 Å². The van der Waals surface area contributed by atoms with E-state index >= 15 is 0 Å². The number of hydrogen-bond donors (Lipinski definition) is 1. The molecule has 0 unspecified atom stereocenters. The number of sulfonamides is 1. The van der Waals surface area contributed by atoms with Gasteiger partial charge in [0.25, 0.3) is 0 Å². The van der Waals surface area contributed by atoms with Crippen molar-refractivity contribution in [3.63, 3.8) is 0 Å². The van der Waals surface area contributed by atoms with Crippen molar-refractivity contribution in [1.82, 2.24) is 14.8 Å². The van der Waals surface area contributed by atoms with Gasteiger partial charge in [0.2, 0.25) is 15.9 Å². The highest BCUT2D eigenvalue weighted by Crippen LogP contribution is 2.30. The number of hydrogen-bond acceptors (Lipinski definition) is 5. The predicted octanol–water partition coefficient (Wildman–Crippen LogP) is 4.87. The van der Waals surface area contributed by atoms with Crippen LogP contribution in [-0.2, 0) is 14.8 Å². The lowest BCUT2D eigenvalue weighted by Crippen LogP contribution is -2.48. The highest BCUT2D eigenvalue weighted by atomic mass is 32.2. The van der Waals surface area contributed by atoms with Crippen molar-refractivity contribution in [1.29, 1.82) is 0 Å². The zero-order chi connectivity index (χ0) is 25.2. The minimum absolute atomic E-state index is 0.0264. The summed E-state index contributed by atoms with van der Waals surface area (Å²) in [6.45, 7) is 8.49. The van der Waals surface area contributed by atoms with E-state index in [-0.39, 0.29) is 35.1 Å². The molecule has 1 aliphatic carbocycles. The van der Waals surface area contributed by atoms with Crippen LogP contribution in [0.15, 0.2) is 27.6 Å². The molecule has 35 heavy (non-hydrogen) atoms. The zero-order valence-corrected chi connectivity index (χ0v) is 22.0. The Morgan fingerprint density at radius 3 is 2.60 bits per heavy atom. The quantitative estimate of drug-likeness (QED) is 0.612. The number of nitrogens with one attached hydrogen (secondary N) is 1. The summed E-state index contributed by atoms with van der Waals surface area (Å²) in [6, 6.07) is 6.32. The molecule has 2 aromatic rings. The Morgan fingerprint density at radius 1 is 1.11 bits per heavy atom. The van der Waals surface area contributed by atoms with Gasteiger partial charge in [-0.15, -0.1) is 0 Å². The van der Waals surface area contributed by atoms with E-state index in [1.807, 2.05) is 38.1 Å². The first-order chi connectivity index (χ1) is 16.6. The van der Waals surface area contributed by atoms with Crippen LogP contribution in [-0.4, -0.2) is 42.9 Å². The monoisotopic (exact) mass is 499 g/mol. The van der Waals surface area contributed by atoms with Crippen LogP contribution in [0.2, 0.25) is 0 Å². The van der Waals surface area contributed by atoms with Crippen molar-refractivity contribution >= 4 is 28.1 Å². The molecule has 1 aromatic heterocycles. The fourth-order valence-corrected chi connectivity index (χ4v) is 6.90. The minimum Gasteiger partial charge on any atom is -0.355 e. The first-order valence-electron chi connectivity index (χ1n) is 12.7. The summed E-state index contributed by atoms with van der Waals surface area (Å²) in [6.07, 6.45) is 9.13. The second kappa shape index (κ2) is 10.7. The maximum Gasteiger partial charge on any atom is 0.248 e. The Bertz CT molecular complexity index is 1190. The van der Waals surface area contributed by atoms with E-state index in [1.165, 1.54) is 4.31 Å². The largest absolute Gasteiger partial charge is 0.355 e. The van der Waals surface area contributed by atoms with E-state index in [2.05, 4.69) is 17.4 Å². The van der Waals surface area contributed by atoms with Gasteiger partial charge in [0.1, 0.15) is 5.69 Å². The van der Waals surface area contributed by atoms with Crippen LogP contribution in [0.3, 0.4) is 0 Å². The number of aryl methyl sites for hydroxylation is 3. The molecule has 190 valence electrons. The molecule has 2 aliphatic rings. The zero-order valence-electron chi connectivity index (χ0n) is 21.2. The maximum atomic E-state index is 13.7. The van der Waals surface area contributed by atoms with Gasteiger partial charge in [-0.25, -0.2) is 8.42 Å². The summed E-state index contributed by atoms with van der Waals surface area (Å²) >= 11 is 0. The van der Waals surface area contributed by atoms with Gasteiger partial charge >= 0.3 is 0 Å². The van der Waals surface area contributed by atoms with Gasteiger partial charge in [0.15, 0.2) is 10.7 Å². The van der Waals surface area contributed by atoms with Gasteiger partial charge in [-0.2, -0.15) is 4.31 Å². The molecule has 1 aromatic carbocycles. The standard InChI is InChI=1S/C27H37N3O4S/c1-18-8-12-24(13-9-18)28-27(31)23-6-5-15-30(17-23)35(32,33)26-21(4)29-34-25(26)14-11-22-16-19(2)7-10-20(22)3/h7,10-11,14,16,18,23-24H,5-6,8-9,12-13,15,17H2,1-4H3,(H,28,31)/b14-11+/t18?,23-,24?/m0/s1. The van der Waals surface area contributed by atoms with Crippen LogP contribution in [0.5, 0.6) is 0 Å². The first-order valence-corrected chi connectivity index (χ1v) is 14.1. The molecule has 8 heteroatoms. The smallest absolute Gasteiger partial charge is 0.248 e. The normalized spacial score (nSPS) is 24.1. The lowest BCUT2D eigenvalue weighted by Gasteiger charge is -2.33. The molecule has 1 saturated heterocycles. The van der Waals surface area contributed by atoms with E-state index in [1.54, 1.807) is 13.0 Å². The Balaban J connectivity index is 1.50. The molecule has 2 heterocycles. The number of piperidine rings is 1. The number of amides is 1. The second-order valence-electron chi connectivity index (χ2n) is 10.3. The average Bonchev–Trinajstić information content (AvgIpc) is 3.22. The number of rotatable bonds is 6. The molecule has 0 radical (unpaired) electrons. The lowest BCUT2D eigenvalue weighted by atomic mass is 9.87. The van der Waals surface area contributed by atoms with Crippen molar-refractivity contribution < 1.29 is 17.7 Å². The van der Waals surface area contributed by atoms with Crippen molar-refractivity contribution in [2.24, 2.45) is 11.8 Å². The van der Waals surface area contributed by atoms with E-state index in [9.17, 15) is 13.2 Å². The number of carbonyl (C=O) groups is 1. The van der Waals surface area contributed by atoms with Crippen LogP contribution in [0.25, 0.3) is 12.2 Å².